The Bertz CT molecular complexity index is 476. The minimum atomic E-state index is -0.467. The molecular weight excluding hydrogens is 256 g/mol. The van der Waals surface area contributed by atoms with Gasteiger partial charge in [0.1, 0.15) is 6.10 Å². The molecule has 5 heteroatoms. The van der Waals surface area contributed by atoms with E-state index in [0.717, 1.165) is 12.8 Å². The number of carbonyl (C=O) groups is 1. The average molecular weight is 278 g/mol. The number of ether oxygens (including phenoxy) is 2. The van der Waals surface area contributed by atoms with Gasteiger partial charge in [0.25, 0.3) is 0 Å². The summed E-state index contributed by atoms with van der Waals surface area (Å²) in [5, 5.41) is 0. The number of nitrogen functional groups attached to an aromatic ring is 1. The first-order valence-electron chi connectivity index (χ1n) is 7.16. The maximum absolute atomic E-state index is 11.6. The summed E-state index contributed by atoms with van der Waals surface area (Å²) in [4.78, 5) is 15.8. The van der Waals surface area contributed by atoms with Crippen LogP contribution in [0.5, 0.6) is 5.88 Å². The molecule has 2 rings (SSSR count). The Labute approximate surface area is 119 Å². The molecular formula is C15H22N2O3. The number of nitrogens with two attached hydrogens (primary N) is 1. The van der Waals surface area contributed by atoms with Crippen LogP contribution in [0.3, 0.4) is 0 Å². The highest BCUT2D eigenvalue weighted by molar-refractivity contribution is 5.95. The summed E-state index contributed by atoms with van der Waals surface area (Å²) in [7, 11) is 1.33. The Morgan fingerprint density at radius 1 is 1.45 bits per heavy atom. The normalized spacial score (nSPS) is 22.3. The zero-order valence-corrected chi connectivity index (χ0v) is 12.1. The second-order valence-corrected chi connectivity index (χ2v) is 5.21. The van der Waals surface area contributed by atoms with Crippen molar-refractivity contribution >= 4 is 11.7 Å². The number of hydrogen-bond acceptors (Lipinski definition) is 5. The molecule has 1 aliphatic carbocycles. The Hall–Kier alpha value is -1.78. The number of anilines is 1. The highest BCUT2D eigenvalue weighted by Crippen LogP contribution is 2.30. The number of pyridine rings is 1. The van der Waals surface area contributed by atoms with Gasteiger partial charge < -0.3 is 15.2 Å². The fraction of sp³-hybridized carbons (Fsp3) is 0.600. The first kappa shape index (κ1) is 14.6. The number of rotatable bonds is 4. The van der Waals surface area contributed by atoms with Crippen molar-refractivity contribution in [2.24, 2.45) is 5.92 Å². The Morgan fingerprint density at radius 3 is 2.90 bits per heavy atom. The standard InChI is InChI=1S/C15H22N2O3/c1-3-10-6-4-5-7-13(10)20-14-8-11(15(18)19-2)12(16)9-17-14/h8-10,13H,3-7,16H2,1-2H3. The van der Waals surface area contributed by atoms with Gasteiger partial charge in [-0.05, 0) is 31.6 Å². The highest BCUT2D eigenvalue weighted by Gasteiger charge is 2.26. The quantitative estimate of drug-likeness (QED) is 0.857. The largest absolute Gasteiger partial charge is 0.474 e. The molecule has 20 heavy (non-hydrogen) atoms. The minimum absolute atomic E-state index is 0.176. The maximum Gasteiger partial charge on any atom is 0.340 e. The third-order valence-corrected chi connectivity index (χ3v) is 3.95. The predicted octanol–water partition coefficient (Wildman–Crippen LogP) is 2.80. The molecule has 1 heterocycles. The molecule has 0 bridgehead atoms. The van der Waals surface area contributed by atoms with E-state index < -0.39 is 5.97 Å². The highest BCUT2D eigenvalue weighted by atomic mass is 16.5. The molecule has 1 aromatic heterocycles. The van der Waals surface area contributed by atoms with Crippen LogP contribution in [-0.2, 0) is 4.74 Å². The lowest BCUT2D eigenvalue weighted by atomic mass is 9.85. The van der Waals surface area contributed by atoms with Gasteiger partial charge in [-0.2, -0.15) is 0 Å². The van der Waals surface area contributed by atoms with E-state index in [0.29, 0.717) is 23.0 Å². The van der Waals surface area contributed by atoms with Crippen molar-refractivity contribution in [3.63, 3.8) is 0 Å². The summed E-state index contributed by atoms with van der Waals surface area (Å²) in [5.41, 5.74) is 6.35. The lowest BCUT2D eigenvalue weighted by Crippen LogP contribution is -2.30. The molecule has 0 aromatic carbocycles. The first-order chi connectivity index (χ1) is 9.65. The van der Waals surface area contributed by atoms with E-state index in [1.807, 2.05) is 0 Å². The average Bonchev–Trinajstić information content (AvgIpc) is 2.49. The van der Waals surface area contributed by atoms with Crippen LogP contribution in [0.2, 0.25) is 0 Å². The van der Waals surface area contributed by atoms with Crippen molar-refractivity contribution in [2.45, 2.75) is 45.1 Å². The van der Waals surface area contributed by atoms with Gasteiger partial charge in [-0.15, -0.1) is 0 Å². The molecule has 1 fully saturated rings. The van der Waals surface area contributed by atoms with Crippen molar-refractivity contribution in [3.8, 4) is 5.88 Å². The number of aromatic nitrogens is 1. The first-order valence-corrected chi connectivity index (χ1v) is 7.16. The van der Waals surface area contributed by atoms with Gasteiger partial charge in [-0.3, -0.25) is 0 Å². The summed E-state index contributed by atoms with van der Waals surface area (Å²) < 4.78 is 10.7. The lowest BCUT2D eigenvalue weighted by Gasteiger charge is -2.30. The fourth-order valence-electron chi connectivity index (χ4n) is 2.75. The molecule has 0 aliphatic heterocycles. The number of carbonyl (C=O) groups excluding carboxylic acids is 1. The van der Waals surface area contributed by atoms with Crippen molar-refractivity contribution in [1.82, 2.24) is 4.98 Å². The van der Waals surface area contributed by atoms with Gasteiger partial charge in [0.2, 0.25) is 5.88 Å². The van der Waals surface area contributed by atoms with Gasteiger partial charge in [0.15, 0.2) is 0 Å². The zero-order chi connectivity index (χ0) is 14.5. The summed E-state index contributed by atoms with van der Waals surface area (Å²) in [6, 6.07) is 1.57. The van der Waals surface area contributed by atoms with Gasteiger partial charge in [-0.1, -0.05) is 13.3 Å². The second kappa shape index (κ2) is 6.59. The molecule has 2 unspecified atom stereocenters. The maximum atomic E-state index is 11.6. The van der Waals surface area contributed by atoms with Crippen LogP contribution < -0.4 is 10.5 Å². The van der Waals surface area contributed by atoms with E-state index in [-0.39, 0.29) is 6.10 Å². The third-order valence-electron chi connectivity index (χ3n) is 3.95. The predicted molar refractivity (Wildman–Crippen MR) is 76.7 cm³/mol. The van der Waals surface area contributed by atoms with Gasteiger partial charge in [0, 0.05) is 6.07 Å². The van der Waals surface area contributed by atoms with E-state index in [1.165, 1.54) is 32.6 Å². The van der Waals surface area contributed by atoms with E-state index in [9.17, 15) is 4.79 Å². The van der Waals surface area contributed by atoms with Crippen LogP contribution in [-0.4, -0.2) is 24.2 Å². The molecule has 0 radical (unpaired) electrons. The van der Waals surface area contributed by atoms with Crippen molar-refractivity contribution < 1.29 is 14.3 Å². The Morgan fingerprint density at radius 2 is 2.20 bits per heavy atom. The van der Waals surface area contributed by atoms with E-state index in [2.05, 4.69) is 11.9 Å². The summed E-state index contributed by atoms with van der Waals surface area (Å²) in [6.07, 6.45) is 7.41. The van der Waals surface area contributed by atoms with Crippen LogP contribution in [0.25, 0.3) is 0 Å². The topological polar surface area (TPSA) is 74.4 Å². The molecule has 5 nitrogen and oxygen atoms in total. The van der Waals surface area contributed by atoms with Crippen LogP contribution >= 0.6 is 0 Å². The molecule has 1 saturated carbocycles. The van der Waals surface area contributed by atoms with Crippen molar-refractivity contribution in [2.75, 3.05) is 12.8 Å². The molecule has 1 aromatic rings. The van der Waals surface area contributed by atoms with E-state index in [1.54, 1.807) is 6.07 Å². The van der Waals surface area contributed by atoms with E-state index >= 15 is 0 Å². The van der Waals surface area contributed by atoms with Gasteiger partial charge in [-0.25, -0.2) is 9.78 Å². The lowest BCUT2D eigenvalue weighted by molar-refractivity contribution is 0.0598. The minimum Gasteiger partial charge on any atom is -0.474 e. The van der Waals surface area contributed by atoms with Crippen LogP contribution in [0, 0.1) is 5.92 Å². The molecule has 2 N–H and O–H groups in total. The smallest absolute Gasteiger partial charge is 0.340 e. The molecule has 1 aliphatic rings. The fourth-order valence-corrected chi connectivity index (χ4v) is 2.75. The SMILES string of the molecule is CCC1CCCCC1Oc1cc(C(=O)OC)c(N)cn1. The number of esters is 1. The number of hydrogen-bond donors (Lipinski definition) is 1. The molecule has 110 valence electrons. The van der Waals surface area contributed by atoms with Crippen molar-refractivity contribution in [1.29, 1.82) is 0 Å². The Kier molecular flexibility index (Phi) is 4.82. The monoisotopic (exact) mass is 278 g/mol. The third kappa shape index (κ3) is 3.21. The molecule has 0 saturated heterocycles. The molecule has 0 amide bonds. The van der Waals surface area contributed by atoms with Gasteiger partial charge >= 0.3 is 5.97 Å². The van der Waals surface area contributed by atoms with Gasteiger partial charge in [0.05, 0.1) is 24.6 Å². The molecule has 2 atom stereocenters. The summed E-state index contributed by atoms with van der Waals surface area (Å²) in [5.74, 6) is 0.542. The zero-order valence-electron chi connectivity index (χ0n) is 12.1. The van der Waals surface area contributed by atoms with Crippen LogP contribution in [0.1, 0.15) is 49.4 Å². The second-order valence-electron chi connectivity index (χ2n) is 5.21. The molecule has 0 spiro atoms. The number of methoxy groups -OCH3 is 1. The van der Waals surface area contributed by atoms with Crippen molar-refractivity contribution in [3.05, 3.63) is 17.8 Å². The van der Waals surface area contributed by atoms with Crippen LogP contribution in [0.15, 0.2) is 12.3 Å². The Balaban J connectivity index is 2.14. The van der Waals surface area contributed by atoms with Crippen LogP contribution in [0.4, 0.5) is 5.69 Å². The number of nitrogens with zero attached hydrogens (tertiary/aromatic N) is 1. The van der Waals surface area contributed by atoms with E-state index in [4.69, 9.17) is 15.2 Å². The summed E-state index contributed by atoms with van der Waals surface area (Å²) >= 11 is 0. The summed E-state index contributed by atoms with van der Waals surface area (Å²) in [6.45, 7) is 2.18.